The lowest BCUT2D eigenvalue weighted by atomic mass is 10.0. The van der Waals surface area contributed by atoms with Gasteiger partial charge in [-0.1, -0.05) is 29.8 Å². The molecule has 0 bridgehead atoms. The Kier molecular flexibility index (Phi) is 8.20. The first-order chi connectivity index (χ1) is 16.1. The molecule has 8 heteroatoms. The smallest absolute Gasteiger partial charge is 0.252 e. The Morgan fingerprint density at radius 3 is 2.64 bits per heavy atom. The maximum absolute atomic E-state index is 12.5. The molecule has 1 aliphatic heterocycles. The highest BCUT2D eigenvalue weighted by Gasteiger charge is 2.18. The summed E-state index contributed by atoms with van der Waals surface area (Å²) in [7, 11) is 0. The summed E-state index contributed by atoms with van der Waals surface area (Å²) in [4.78, 5) is 24.7. The van der Waals surface area contributed by atoms with Crippen LogP contribution in [0.5, 0.6) is 11.6 Å². The van der Waals surface area contributed by atoms with Crippen molar-refractivity contribution in [1.82, 2.24) is 20.2 Å². The maximum atomic E-state index is 12.5. The van der Waals surface area contributed by atoms with Crippen molar-refractivity contribution in [1.29, 1.82) is 0 Å². The second kappa shape index (κ2) is 11.5. The zero-order valence-corrected chi connectivity index (χ0v) is 20.1. The predicted molar refractivity (Wildman–Crippen MR) is 131 cm³/mol. The summed E-state index contributed by atoms with van der Waals surface area (Å²) in [5.74, 6) is 0.919. The van der Waals surface area contributed by atoms with Crippen LogP contribution in [0.15, 0.2) is 70.8 Å². The number of ether oxygens (including phenoxy) is 1. The Morgan fingerprint density at radius 1 is 1.12 bits per heavy atom. The molecule has 172 valence electrons. The molecule has 33 heavy (non-hydrogen) atoms. The van der Waals surface area contributed by atoms with Crippen molar-refractivity contribution >= 4 is 29.3 Å². The van der Waals surface area contributed by atoms with Gasteiger partial charge in [0.25, 0.3) is 11.8 Å². The fourth-order valence-corrected chi connectivity index (χ4v) is 4.67. The highest BCUT2D eigenvalue weighted by Crippen LogP contribution is 2.34. The first-order valence-electron chi connectivity index (χ1n) is 11.1. The van der Waals surface area contributed by atoms with Crippen LogP contribution in [0.4, 0.5) is 0 Å². The number of nitrogens with zero attached hydrogens (tertiary/aromatic N) is 3. The van der Waals surface area contributed by atoms with Crippen molar-refractivity contribution in [2.75, 3.05) is 19.6 Å². The minimum atomic E-state index is -0.0790. The standard InChI is InChI=1S/C25H27ClN4O2S/c1-18-4-2-3-16-30(18)17-15-27-23(31)19-5-9-21(10-6-19)32-24-25(29-14-13-28-24)33-22-11-7-20(26)8-12-22/h5-14,18H,2-4,15-17H2,1H3,(H,27,31). The number of carbonyl (C=O) groups excluding carboxylic acids is 1. The van der Waals surface area contributed by atoms with Crippen molar-refractivity contribution in [3.8, 4) is 11.6 Å². The van der Waals surface area contributed by atoms with Crippen LogP contribution in [0.1, 0.15) is 36.5 Å². The van der Waals surface area contributed by atoms with E-state index in [-0.39, 0.29) is 5.91 Å². The van der Waals surface area contributed by atoms with Gasteiger partial charge in [0.2, 0.25) is 0 Å². The molecule has 1 fully saturated rings. The van der Waals surface area contributed by atoms with Gasteiger partial charge < -0.3 is 10.1 Å². The molecule has 1 aliphatic rings. The minimum Gasteiger partial charge on any atom is -0.437 e. The van der Waals surface area contributed by atoms with Gasteiger partial charge in [-0.2, -0.15) is 0 Å². The van der Waals surface area contributed by atoms with Crippen LogP contribution >= 0.6 is 23.4 Å². The number of carbonyl (C=O) groups is 1. The number of piperidine rings is 1. The van der Waals surface area contributed by atoms with Crippen molar-refractivity contribution in [2.24, 2.45) is 0 Å². The summed E-state index contributed by atoms with van der Waals surface area (Å²) in [6, 6.07) is 15.2. The van der Waals surface area contributed by atoms with Gasteiger partial charge in [-0.25, -0.2) is 9.97 Å². The van der Waals surface area contributed by atoms with Crippen LogP contribution < -0.4 is 10.1 Å². The van der Waals surface area contributed by atoms with Crippen molar-refractivity contribution < 1.29 is 9.53 Å². The number of nitrogens with one attached hydrogen (secondary N) is 1. The number of aromatic nitrogens is 2. The zero-order chi connectivity index (χ0) is 23.0. The Hall–Kier alpha value is -2.61. The lowest BCUT2D eigenvalue weighted by molar-refractivity contribution is 0.0938. The normalized spacial score (nSPS) is 16.4. The average molecular weight is 483 g/mol. The summed E-state index contributed by atoms with van der Waals surface area (Å²) < 4.78 is 5.95. The molecule has 2 heterocycles. The van der Waals surface area contributed by atoms with Gasteiger partial charge >= 0.3 is 0 Å². The van der Waals surface area contributed by atoms with E-state index in [9.17, 15) is 4.79 Å². The first-order valence-corrected chi connectivity index (χ1v) is 12.3. The molecule has 0 spiro atoms. The Bertz CT molecular complexity index is 1060. The Morgan fingerprint density at radius 2 is 1.88 bits per heavy atom. The second-order valence-corrected chi connectivity index (χ2v) is 9.48. The minimum absolute atomic E-state index is 0.0790. The topological polar surface area (TPSA) is 67.4 Å². The Balaban J connectivity index is 1.33. The van der Waals surface area contributed by atoms with Crippen LogP contribution in [0, 0.1) is 0 Å². The summed E-state index contributed by atoms with van der Waals surface area (Å²) in [5.41, 5.74) is 0.601. The highest BCUT2D eigenvalue weighted by molar-refractivity contribution is 7.99. The SMILES string of the molecule is CC1CCCCN1CCNC(=O)c1ccc(Oc2nccnc2Sc2ccc(Cl)cc2)cc1. The maximum Gasteiger partial charge on any atom is 0.252 e. The number of benzene rings is 2. The quantitative estimate of drug-likeness (QED) is 0.445. The summed E-state index contributed by atoms with van der Waals surface area (Å²) in [6.45, 7) is 4.90. The summed E-state index contributed by atoms with van der Waals surface area (Å²) in [5, 5.41) is 4.35. The molecule has 0 saturated carbocycles. The van der Waals surface area contributed by atoms with E-state index >= 15 is 0 Å². The van der Waals surface area contributed by atoms with Gasteiger partial charge in [-0.3, -0.25) is 9.69 Å². The third-order valence-corrected chi connectivity index (χ3v) is 6.85. The molecule has 0 aliphatic carbocycles. The van der Waals surface area contributed by atoms with Crippen molar-refractivity contribution in [3.05, 3.63) is 71.5 Å². The molecule has 2 aromatic carbocycles. The molecule has 1 aromatic heterocycles. The summed E-state index contributed by atoms with van der Waals surface area (Å²) in [6.07, 6.45) is 7.00. The van der Waals surface area contributed by atoms with Gasteiger partial charge in [0.1, 0.15) is 5.75 Å². The van der Waals surface area contributed by atoms with Crippen molar-refractivity contribution in [2.45, 2.75) is 42.1 Å². The Labute approximate surface area is 203 Å². The molecule has 6 nitrogen and oxygen atoms in total. The summed E-state index contributed by atoms with van der Waals surface area (Å²) >= 11 is 7.41. The van der Waals surface area contributed by atoms with Gasteiger partial charge in [0.05, 0.1) is 0 Å². The molecule has 1 N–H and O–H groups in total. The number of likely N-dealkylation sites (tertiary alicyclic amines) is 1. The lowest BCUT2D eigenvalue weighted by Gasteiger charge is -2.33. The fraction of sp³-hybridized carbons (Fsp3) is 0.320. The molecule has 3 aromatic rings. The van der Waals surface area contributed by atoms with Gasteiger partial charge in [-0.15, -0.1) is 0 Å². The van der Waals surface area contributed by atoms with Crippen LogP contribution in [0.25, 0.3) is 0 Å². The van der Waals surface area contributed by atoms with E-state index in [0.717, 1.165) is 18.0 Å². The number of amides is 1. The van der Waals surface area contributed by atoms with Crippen LogP contribution in [-0.4, -0.2) is 46.5 Å². The monoisotopic (exact) mass is 482 g/mol. The van der Waals surface area contributed by atoms with E-state index in [4.69, 9.17) is 16.3 Å². The first kappa shape index (κ1) is 23.5. The molecule has 1 amide bonds. The van der Waals surface area contributed by atoms with Gasteiger partial charge in [0, 0.05) is 47.0 Å². The van der Waals surface area contributed by atoms with Gasteiger partial charge in [-0.05, 0) is 74.8 Å². The number of halogens is 1. The third kappa shape index (κ3) is 6.69. The van der Waals surface area contributed by atoms with E-state index in [0.29, 0.717) is 39.8 Å². The number of hydrogen-bond acceptors (Lipinski definition) is 6. The zero-order valence-electron chi connectivity index (χ0n) is 18.5. The fourth-order valence-electron chi connectivity index (χ4n) is 3.76. The number of hydrogen-bond donors (Lipinski definition) is 1. The second-order valence-electron chi connectivity index (χ2n) is 7.99. The van der Waals surface area contributed by atoms with E-state index in [1.54, 1.807) is 36.7 Å². The molecular weight excluding hydrogens is 456 g/mol. The highest BCUT2D eigenvalue weighted by atomic mass is 35.5. The number of rotatable bonds is 8. The van der Waals surface area contributed by atoms with Crippen LogP contribution in [-0.2, 0) is 0 Å². The predicted octanol–water partition coefficient (Wildman–Crippen LogP) is 5.68. The van der Waals surface area contributed by atoms with E-state index < -0.39 is 0 Å². The average Bonchev–Trinajstić information content (AvgIpc) is 2.83. The largest absolute Gasteiger partial charge is 0.437 e. The molecule has 0 radical (unpaired) electrons. The van der Waals surface area contributed by atoms with Gasteiger partial charge in [0.15, 0.2) is 5.03 Å². The molecule has 4 rings (SSSR count). The van der Waals surface area contributed by atoms with E-state index in [2.05, 4.69) is 27.1 Å². The van der Waals surface area contributed by atoms with Crippen LogP contribution in [0.2, 0.25) is 5.02 Å². The van der Waals surface area contributed by atoms with Crippen molar-refractivity contribution in [3.63, 3.8) is 0 Å². The molecule has 1 saturated heterocycles. The molecule has 1 unspecified atom stereocenters. The third-order valence-electron chi connectivity index (χ3n) is 5.62. The molecular formula is C25H27ClN4O2S. The van der Waals surface area contributed by atoms with Crippen LogP contribution in [0.3, 0.4) is 0 Å². The van der Waals surface area contributed by atoms with E-state index in [1.165, 1.54) is 31.0 Å². The lowest BCUT2D eigenvalue weighted by Crippen LogP contribution is -2.42. The van der Waals surface area contributed by atoms with E-state index in [1.807, 2.05) is 24.3 Å². The molecule has 1 atom stereocenters.